The van der Waals surface area contributed by atoms with Crippen LogP contribution in [0.4, 0.5) is 4.39 Å². The minimum atomic E-state index is -0.875. The molecule has 0 unspecified atom stereocenters. The van der Waals surface area contributed by atoms with Crippen molar-refractivity contribution in [3.05, 3.63) is 116 Å². The summed E-state index contributed by atoms with van der Waals surface area (Å²) < 4.78 is 26.5. The maximum atomic E-state index is 14.3. The lowest BCUT2D eigenvalue weighted by atomic mass is 9.95. The van der Waals surface area contributed by atoms with Crippen LogP contribution >= 0.6 is 0 Å². The summed E-state index contributed by atoms with van der Waals surface area (Å²) in [5.74, 6) is 0.459. The van der Waals surface area contributed by atoms with Gasteiger partial charge in [0.2, 0.25) is 0 Å². The summed E-state index contributed by atoms with van der Waals surface area (Å²) in [5.41, 5.74) is 4.77. The topological polar surface area (TPSA) is 123 Å². The second-order valence-electron chi connectivity index (χ2n) is 11.4. The molecule has 1 fully saturated rings. The molecule has 232 valence electrons. The van der Waals surface area contributed by atoms with E-state index in [0.717, 1.165) is 54.4 Å². The number of halogens is 1. The first kappa shape index (κ1) is 30.2. The molecule has 5 aromatic rings. The summed E-state index contributed by atoms with van der Waals surface area (Å²) in [6, 6.07) is 22.5. The van der Waals surface area contributed by atoms with Gasteiger partial charge in [0, 0.05) is 17.5 Å². The first-order chi connectivity index (χ1) is 21.9. The SMILES string of the molecule is CCCc1nc(CF)n(-c2ccc(OC3CCC(O)CC3)cc2)c(=O)c1Cc1ccc(-c2ccccc2-c2noc(=O)[nH]2)cc1. The highest BCUT2D eigenvalue weighted by Gasteiger charge is 2.22. The van der Waals surface area contributed by atoms with Gasteiger partial charge in [0.05, 0.1) is 23.6 Å². The molecule has 1 aliphatic carbocycles. The van der Waals surface area contributed by atoms with Gasteiger partial charge in [0.15, 0.2) is 5.82 Å². The Morgan fingerprint density at radius 2 is 1.69 bits per heavy atom. The quantitative estimate of drug-likeness (QED) is 0.201. The zero-order valence-electron chi connectivity index (χ0n) is 25.0. The normalized spacial score (nSPS) is 16.5. The Morgan fingerprint density at radius 3 is 2.33 bits per heavy atom. The predicted octanol–water partition coefficient (Wildman–Crippen LogP) is 5.94. The molecule has 0 radical (unpaired) electrons. The lowest BCUT2D eigenvalue weighted by Crippen LogP contribution is -2.29. The van der Waals surface area contributed by atoms with Crippen LogP contribution in [-0.4, -0.2) is 37.0 Å². The first-order valence-corrected chi connectivity index (χ1v) is 15.3. The van der Waals surface area contributed by atoms with Crippen molar-refractivity contribution in [2.45, 2.75) is 70.8 Å². The van der Waals surface area contributed by atoms with Gasteiger partial charge in [0.25, 0.3) is 5.56 Å². The Hall–Kier alpha value is -4.83. The summed E-state index contributed by atoms with van der Waals surface area (Å²) in [4.78, 5) is 32.8. The molecule has 0 spiro atoms. The molecule has 3 aromatic carbocycles. The van der Waals surface area contributed by atoms with Crippen LogP contribution in [0, 0.1) is 0 Å². The summed E-state index contributed by atoms with van der Waals surface area (Å²) >= 11 is 0. The van der Waals surface area contributed by atoms with Gasteiger partial charge >= 0.3 is 5.76 Å². The maximum absolute atomic E-state index is 14.3. The molecule has 0 bridgehead atoms. The zero-order valence-corrected chi connectivity index (χ0v) is 25.0. The van der Waals surface area contributed by atoms with Gasteiger partial charge in [-0.2, -0.15) is 0 Å². The highest BCUT2D eigenvalue weighted by molar-refractivity contribution is 5.80. The lowest BCUT2D eigenvalue weighted by Gasteiger charge is -2.26. The van der Waals surface area contributed by atoms with E-state index in [2.05, 4.69) is 15.1 Å². The highest BCUT2D eigenvalue weighted by Crippen LogP contribution is 2.30. The number of rotatable bonds is 10. The number of nitrogens with zero attached hydrogens (tertiary/aromatic N) is 3. The van der Waals surface area contributed by atoms with Gasteiger partial charge in [-0.3, -0.25) is 18.9 Å². The number of aryl methyl sites for hydroxylation is 1. The van der Waals surface area contributed by atoms with Crippen molar-refractivity contribution >= 4 is 0 Å². The largest absolute Gasteiger partial charge is 0.490 e. The van der Waals surface area contributed by atoms with Gasteiger partial charge in [-0.15, -0.1) is 0 Å². The fourth-order valence-corrected chi connectivity index (χ4v) is 5.95. The molecule has 10 heteroatoms. The van der Waals surface area contributed by atoms with Crippen LogP contribution in [0.25, 0.3) is 28.2 Å². The number of alkyl halides is 1. The molecular weight excluding hydrogens is 575 g/mol. The van der Waals surface area contributed by atoms with Crippen LogP contribution in [0.15, 0.2) is 86.9 Å². The molecule has 0 saturated heterocycles. The molecule has 6 rings (SSSR count). The number of aliphatic hydroxyl groups is 1. The highest BCUT2D eigenvalue weighted by atomic mass is 19.1. The molecule has 2 heterocycles. The Labute approximate surface area is 259 Å². The van der Waals surface area contributed by atoms with Crippen LogP contribution in [0.2, 0.25) is 0 Å². The number of ether oxygens (including phenoxy) is 1. The molecule has 1 aliphatic rings. The van der Waals surface area contributed by atoms with Crippen molar-refractivity contribution in [1.29, 1.82) is 0 Å². The van der Waals surface area contributed by atoms with Gasteiger partial charge in [-0.05, 0) is 73.1 Å². The van der Waals surface area contributed by atoms with Crippen molar-refractivity contribution in [1.82, 2.24) is 19.7 Å². The maximum Gasteiger partial charge on any atom is 0.439 e. The lowest BCUT2D eigenvalue weighted by molar-refractivity contribution is 0.0666. The fraction of sp³-hybridized carbons (Fsp3) is 0.314. The van der Waals surface area contributed by atoms with Crippen LogP contribution in [-0.2, 0) is 19.5 Å². The number of hydrogen-bond acceptors (Lipinski definition) is 7. The second kappa shape index (κ2) is 13.4. The smallest absolute Gasteiger partial charge is 0.439 e. The van der Waals surface area contributed by atoms with E-state index in [9.17, 15) is 19.1 Å². The van der Waals surface area contributed by atoms with E-state index in [1.54, 1.807) is 24.3 Å². The minimum Gasteiger partial charge on any atom is -0.490 e. The molecule has 0 aliphatic heterocycles. The monoisotopic (exact) mass is 610 g/mol. The number of aromatic nitrogens is 4. The van der Waals surface area contributed by atoms with Crippen molar-refractivity contribution in [3.63, 3.8) is 0 Å². The van der Waals surface area contributed by atoms with E-state index >= 15 is 0 Å². The molecule has 0 atom stereocenters. The van der Waals surface area contributed by atoms with Crippen molar-refractivity contribution in [2.75, 3.05) is 0 Å². The molecule has 2 N–H and O–H groups in total. The Bertz CT molecular complexity index is 1870. The van der Waals surface area contributed by atoms with Crippen molar-refractivity contribution < 1.29 is 18.8 Å². The number of benzene rings is 3. The van der Waals surface area contributed by atoms with E-state index in [0.29, 0.717) is 41.4 Å². The zero-order chi connectivity index (χ0) is 31.3. The van der Waals surface area contributed by atoms with Crippen LogP contribution in [0.3, 0.4) is 0 Å². The van der Waals surface area contributed by atoms with Crippen LogP contribution < -0.4 is 16.1 Å². The van der Waals surface area contributed by atoms with E-state index < -0.39 is 12.4 Å². The Kier molecular flexibility index (Phi) is 9.02. The third-order valence-corrected chi connectivity index (χ3v) is 8.25. The Morgan fingerprint density at radius 1 is 0.978 bits per heavy atom. The van der Waals surface area contributed by atoms with Crippen LogP contribution in [0.5, 0.6) is 5.75 Å². The summed E-state index contributed by atoms with van der Waals surface area (Å²) in [6.07, 6.45) is 4.45. The van der Waals surface area contributed by atoms with Crippen LogP contribution in [0.1, 0.15) is 61.7 Å². The number of aliphatic hydroxyl groups excluding tert-OH is 1. The number of aromatic amines is 1. The molecule has 2 aromatic heterocycles. The standard InChI is InChI=1S/C35H35FN4O5/c1-2-5-31-30(20-22-8-10-23(11-9-22)28-6-3-4-7-29(28)33-38-35(43)45-39-33)34(42)40(32(21-36)37-31)24-12-16-26(17-13-24)44-27-18-14-25(41)15-19-27/h3-4,6-13,16-17,25,27,41H,2,5,14-15,18-21H2,1H3,(H,38,39,43). The van der Waals surface area contributed by atoms with Gasteiger partial charge in [0.1, 0.15) is 18.2 Å². The molecule has 0 amide bonds. The van der Waals surface area contributed by atoms with E-state index in [4.69, 9.17) is 9.26 Å². The fourth-order valence-electron chi connectivity index (χ4n) is 5.95. The minimum absolute atomic E-state index is 0.0381. The number of hydrogen-bond donors (Lipinski definition) is 2. The third kappa shape index (κ3) is 6.66. The molecule has 1 saturated carbocycles. The second-order valence-corrected chi connectivity index (χ2v) is 11.4. The van der Waals surface area contributed by atoms with Crippen molar-refractivity contribution in [2.24, 2.45) is 0 Å². The van der Waals surface area contributed by atoms with Gasteiger partial charge in [-0.1, -0.05) is 67.0 Å². The van der Waals surface area contributed by atoms with Crippen molar-refractivity contribution in [3.8, 4) is 34.0 Å². The first-order valence-electron chi connectivity index (χ1n) is 15.3. The van der Waals surface area contributed by atoms with E-state index in [1.165, 1.54) is 4.57 Å². The average molecular weight is 611 g/mol. The summed E-state index contributed by atoms with van der Waals surface area (Å²) in [6.45, 7) is 1.13. The van der Waals surface area contributed by atoms with E-state index in [1.807, 2.05) is 55.5 Å². The number of H-pyrrole nitrogens is 1. The molecule has 9 nitrogen and oxygen atoms in total. The van der Waals surface area contributed by atoms with Gasteiger partial charge in [-0.25, -0.2) is 14.2 Å². The predicted molar refractivity (Wildman–Crippen MR) is 168 cm³/mol. The molecule has 45 heavy (non-hydrogen) atoms. The Balaban J connectivity index is 1.29. The number of nitrogens with one attached hydrogen (secondary N) is 1. The van der Waals surface area contributed by atoms with Gasteiger partial charge < -0.3 is 9.84 Å². The van der Waals surface area contributed by atoms with E-state index in [-0.39, 0.29) is 23.6 Å². The average Bonchev–Trinajstić information content (AvgIpc) is 3.50. The summed E-state index contributed by atoms with van der Waals surface area (Å²) in [7, 11) is 0. The molecular formula is C35H35FN4O5. The summed E-state index contributed by atoms with van der Waals surface area (Å²) in [5, 5.41) is 13.6. The third-order valence-electron chi connectivity index (χ3n) is 8.25.